The first-order chi connectivity index (χ1) is 16.4. The van der Waals surface area contributed by atoms with Crippen molar-refractivity contribution in [1.29, 1.82) is 0 Å². The van der Waals surface area contributed by atoms with Crippen molar-refractivity contribution in [3.63, 3.8) is 0 Å². The van der Waals surface area contributed by atoms with Gasteiger partial charge in [0, 0.05) is 29.8 Å². The summed E-state index contributed by atoms with van der Waals surface area (Å²) in [7, 11) is 0. The molecule has 0 bridgehead atoms. The standard InChI is InChI=1S/C23H17N5O5S/c29-22-21(14-16-6-4-10-19(12-16)27(30)31)34-23(26(22)18-8-2-1-3-9-18)25-24-15-17-7-5-11-20(13-17)28(32)33/h1-13,15,21H,14H2/b24-15-,25-23-/t21-/m1/s1. The number of non-ortho nitro benzene ring substituents is 2. The molecule has 0 N–H and O–H groups in total. The molecule has 0 aromatic heterocycles. The van der Waals surface area contributed by atoms with E-state index in [-0.39, 0.29) is 23.7 Å². The third-order valence-corrected chi connectivity index (χ3v) is 6.05. The smallest absolute Gasteiger partial charge is 0.270 e. The Morgan fingerprint density at radius 1 is 0.912 bits per heavy atom. The summed E-state index contributed by atoms with van der Waals surface area (Å²) in [6, 6.07) is 21.1. The van der Waals surface area contributed by atoms with E-state index < -0.39 is 15.1 Å². The predicted molar refractivity (Wildman–Crippen MR) is 130 cm³/mol. The van der Waals surface area contributed by atoms with Gasteiger partial charge in [0.05, 0.1) is 27.0 Å². The average Bonchev–Trinajstić information content (AvgIpc) is 3.14. The molecule has 1 fully saturated rings. The van der Waals surface area contributed by atoms with Crippen LogP contribution in [0.5, 0.6) is 0 Å². The molecule has 1 heterocycles. The molecular formula is C23H17N5O5S. The first kappa shape index (κ1) is 22.8. The normalized spacial score (nSPS) is 16.9. The van der Waals surface area contributed by atoms with Crippen LogP contribution in [0.15, 0.2) is 89.1 Å². The lowest BCUT2D eigenvalue weighted by atomic mass is 10.1. The molecule has 1 aliphatic heterocycles. The van der Waals surface area contributed by atoms with E-state index in [1.54, 1.807) is 48.5 Å². The van der Waals surface area contributed by atoms with Gasteiger partial charge in [0.25, 0.3) is 11.4 Å². The molecule has 0 aliphatic carbocycles. The number of carbonyl (C=O) groups is 1. The lowest BCUT2D eigenvalue weighted by Gasteiger charge is -2.15. The maximum atomic E-state index is 13.3. The van der Waals surface area contributed by atoms with Crippen LogP contribution in [0.2, 0.25) is 0 Å². The second-order valence-electron chi connectivity index (χ2n) is 7.23. The largest absolute Gasteiger partial charge is 0.273 e. The number of nitro groups is 2. The molecule has 0 spiro atoms. The monoisotopic (exact) mass is 475 g/mol. The molecular weight excluding hydrogens is 458 g/mol. The number of para-hydroxylation sites is 1. The van der Waals surface area contributed by atoms with Gasteiger partial charge < -0.3 is 0 Å². The summed E-state index contributed by atoms with van der Waals surface area (Å²) in [5, 5.41) is 30.1. The molecule has 10 nitrogen and oxygen atoms in total. The van der Waals surface area contributed by atoms with E-state index in [1.807, 2.05) is 6.07 Å². The number of amides is 1. The summed E-state index contributed by atoms with van der Waals surface area (Å²) >= 11 is 1.21. The number of anilines is 1. The van der Waals surface area contributed by atoms with Crippen molar-refractivity contribution < 1.29 is 14.6 Å². The van der Waals surface area contributed by atoms with Crippen molar-refractivity contribution in [2.24, 2.45) is 10.2 Å². The first-order valence-electron chi connectivity index (χ1n) is 10.1. The average molecular weight is 475 g/mol. The van der Waals surface area contributed by atoms with Crippen LogP contribution in [-0.2, 0) is 11.2 Å². The van der Waals surface area contributed by atoms with Gasteiger partial charge in [-0.2, -0.15) is 5.10 Å². The Morgan fingerprint density at radius 2 is 1.59 bits per heavy atom. The predicted octanol–water partition coefficient (Wildman–Crippen LogP) is 4.58. The van der Waals surface area contributed by atoms with E-state index >= 15 is 0 Å². The van der Waals surface area contributed by atoms with Gasteiger partial charge in [-0.3, -0.25) is 29.9 Å². The minimum atomic E-state index is -0.547. The molecule has 4 rings (SSSR count). The summed E-state index contributed by atoms with van der Waals surface area (Å²) in [4.78, 5) is 35.8. The van der Waals surface area contributed by atoms with E-state index in [1.165, 1.54) is 47.1 Å². The molecule has 0 saturated carbocycles. The van der Waals surface area contributed by atoms with E-state index in [2.05, 4.69) is 10.2 Å². The van der Waals surface area contributed by atoms with Crippen molar-refractivity contribution in [2.45, 2.75) is 11.7 Å². The number of amidine groups is 1. The summed E-state index contributed by atoms with van der Waals surface area (Å²) in [5.41, 5.74) is 1.67. The Bertz CT molecular complexity index is 1310. The Labute approximate surface area is 197 Å². The quantitative estimate of drug-likeness (QED) is 0.279. The summed E-state index contributed by atoms with van der Waals surface area (Å²) in [5.74, 6) is -0.216. The molecule has 170 valence electrons. The fourth-order valence-electron chi connectivity index (χ4n) is 3.36. The minimum Gasteiger partial charge on any atom is -0.273 e. The number of thioether (sulfide) groups is 1. The van der Waals surface area contributed by atoms with Gasteiger partial charge in [-0.05, 0) is 24.1 Å². The SMILES string of the molecule is O=C1[C@@H](Cc2cccc([N+](=O)[O-])c2)S/C(=N\N=C/c2cccc([N+](=O)[O-])c2)N1c1ccccc1. The molecule has 3 aromatic rings. The molecule has 1 saturated heterocycles. The highest BCUT2D eigenvalue weighted by atomic mass is 32.2. The Morgan fingerprint density at radius 3 is 2.29 bits per heavy atom. The molecule has 34 heavy (non-hydrogen) atoms. The number of nitrogens with zero attached hydrogens (tertiary/aromatic N) is 5. The number of benzene rings is 3. The van der Waals surface area contributed by atoms with E-state index in [0.29, 0.717) is 22.0 Å². The zero-order valence-corrected chi connectivity index (χ0v) is 18.4. The first-order valence-corrected chi connectivity index (χ1v) is 10.9. The van der Waals surface area contributed by atoms with Gasteiger partial charge in [-0.1, -0.05) is 54.2 Å². The fraction of sp³-hybridized carbons (Fsp3) is 0.0870. The third-order valence-electron chi connectivity index (χ3n) is 4.92. The zero-order chi connectivity index (χ0) is 24.1. The summed E-state index contributed by atoms with van der Waals surface area (Å²) in [6.07, 6.45) is 1.66. The number of carbonyl (C=O) groups excluding carboxylic acids is 1. The summed E-state index contributed by atoms with van der Waals surface area (Å²) < 4.78 is 0. The number of hydrogen-bond donors (Lipinski definition) is 0. The van der Waals surface area contributed by atoms with Crippen molar-refractivity contribution >= 4 is 46.1 Å². The van der Waals surface area contributed by atoms with Crippen LogP contribution >= 0.6 is 11.8 Å². The fourth-order valence-corrected chi connectivity index (χ4v) is 4.49. The van der Waals surface area contributed by atoms with Crippen LogP contribution in [-0.4, -0.2) is 32.4 Å². The molecule has 11 heteroatoms. The van der Waals surface area contributed by atoms with Crippen molar-refractivity contribution in [1.82, 2.24) is 0 Å². The van der Waals surface area contributed by atoms with Crippen LogP contribution < -0.4 is 4.90 Å². The number of hydrogen-bond acceptors (Lipinski definition) is 8. The Kier molecular flexibility index (Phi) is 6.74. The molecule has 0 radical (unpaired) electrons. The highest BCUT2D eigenvalue weighted by Gasteiger charge is 2.39. The van der Waals surface area contributed by atoms with Crippen molar-refractivity contribution in [2.75, 3.05) is 4.90 Å². The van der Waals surface area contributed by atoms with E-state index in [9.17, 15) is 25.0 Å². The van der Waals surface area contributed by atoms with Crippen molar-refractivity contribution in [3.05, 3.63) is 110 Å². The maximum absolute atomic E-state index is 13.3. The summed E-state index contributed by atoms with van der Waals surface area (Å²) in [6.45, 7) is 0. The highest BCUT2D eigenvalue weighted by molar-refractivity contribution is 8.16. The minimum absolute atomic E-state index is 0.0386. The van der Waals surface area contributed by atoms with Gasteiger partial charge >= 0.3 is 0 Å². The lowest BCUT2D eigenvalue weighted by Crippen LogP contribution is -2.32. The molecule has 1 aliphatic rings. The molecule has 1 amide bonds. The van der Waals surface area contributed by atoms with Gasteiger partial charge in [0.2, 0.25) is 5.91 Å². The van der Waals surface area contributed by atoms with Crippen molar-refractivity contribution in [3.8, 4) is 0 Å². The van der Waals surface area contributed by atoms with E-state index in [4.69, 9.17) is 0 Å². The second-order valence-corrected chi connectivity index (χ2v) is 8.40. The molecule has 1 atom stereocenters. The lowest BCUT2D eigenvalue weighted by molar-refractivity contribution is -0.385. The van der Waals surface area contributed by atoms with Crippen LogP contribution in [0, 0.1) is 20.2 Å². The number of rotatable bonds is 7. The Hall–Kier alpha value is -4.38. The van der Waals surface area contributed by atoms with Crippen LogP contribution in [0.3, 0.4) is 0 Å². The number of nitro benzene ring substituents is 2. The molecule has 3 aromatic carbocycles. The van der Waals surface area contributed by atoms with Gasteiger partial charge in [-0.15, -0.1) is 5.10 Å². The van der Waals surface area contributed by atoms with E-state index in [0.717, 1.165) is 0 Å². The van der Waals surface area contributed by atoms with Crippen LogP contribution in [0.1, 0.15) is 11.1 Å². The topological polar surface area (TPSA) is 131 Å². The second kappa shape index (κ2) is 10.0. The third kappa shape index (κ3) is 5.15. The van der Waals surface area contributed by atoms with Crippen LogP contribution in [0.4, 0.5) is 17.1 Å². The van der Waals surface area contributed by atoms with Crippen LogP contribution in [0.25, 0.3) is 0 Å². The Balaban J connectivity index is 1.61. The van der Waals surface area contributed by atoms with Gasteiger partial charge in [-0.25, -0.2) is 0 Å². The molecule has 0 unspecified atom stereocenters. The highest BCUT2D eigenvalue weighted by Crippen LogP contribution is 2.34. The van der Waals surface area contributed by atoms with Gasteiger partial charge in [0.1, 0.15) is 0 Å². The maximum Gasteiger partial charge on any atom is 0.270 e. The zero-order valence-electron chi connectivity index (χ0n) is 17.6. The van der Waals surface area contributed by atoms with Gasteiger partial charge in [0.15, 0.2) is 5.17 Å².